The quantitative estimate of drug-likeness (QED) is 0.678. The van der Waals surface area contributed by atoms with E-state index in [4.69, 9.17) is 0 Å². The number of rotatable bonds is 1. The summed E-state index contributed by atoms with van der Waals surface area (Å²) in [5.41, 5.74) is 0.0969. The Hall–Kier alpha value is -0.570. The molecule has 0 radical (unpaired) electrons. The molecule has 0 aliphatic carbocycles. The topological polar surface area (TPSA) is 32.3 Å². The Kier molecular flexibility index (Phi) is 2.52. The van der Waals surface area contributed by atoms with Crippen molar-refractivity contribution in [3.8, 4) is 0 Å². The third-order valence-electron chi connectivity index (χ3n) is 3.58. The van der Waals surface area contributed by atoms with Crippen molar-refractivity contribution in [3.05, 3.63) is 0 Å². The van der Waals surface area contributed by atoms with Gasteiger partial charge in [-0.25, -0.2) is 0 Å². The van der Waals surface area contributed by atoms with Crippen LogP contribution in [0.15, 0.2) is 0 Å². The summed E-state index contributed by atoms with van der Waals surface area (Å²) in [6, 6.07) is 0. The predicted molar refractivity (Wildman–Crippen MR) is 56.0 cm³/mol. The summed E-state index contributed by atoms with van der Waals surface area (Å²) in [5.74, 6) is 0.616. The molecule has 3 heteroatoms. The van der Waals surface area contributed by atoms with Crippen molar-refractivity contribution in [1.29, 1.82) is 0 Å². The SMILES string of the molecule is CC1(C)CCCN1C(=O)C1CCNC1. The molecule has 0 spiro atoms. The average molecular weight is 196 g/mol. The highest BCUT2D eigenvalue weighted by atomic mass is 16.2. The number of hydrogen-bond donors (Lipinski definition) is 1. The Morgan fingerprint density at radius 3 is 2.79 bits per heavy atom. The summed E-state index contributed by atoms with van der Waals surface area (Å²) in [5, 5.41) is 3.26. The maximum absolute atomic E-state index is 12.1. The van der Waals surface area contributed by atoms with Crippen molar-refractivity contribution in [3.63, 3.8) is 0 Å². The zero-order valence-electron chi connectivity index (χ0n) is 9.18. The van der Waals surface area contributed by atoms with Gasteiger partial charge in [-0.1, -0.05) is 0 Å². The lowest BCUT2D eigenvalue weighted by molar-refractivity contribution is -0.138. The Balaban J connectivity index is 2.03. The smallest absolute Gasteiger partial charge is 0.227 e. The largest absolute Gasteiger partial charge is 0.337 e. The van der Waals surface area contributed by atoms with Crippen LogP contribution < -0.4 is 5.32 Å². The van der Waals surface area contributed by atoms with Gasteiger partial charge in [0.15, 0.2) is 0 Å². The molecule has 0 saturated carbocycles. The van der Waals surface area contributed by atoms with E-state index < -0.39 is 0 Å². The molecule has 2 aliphatic heterocycles. The van der Waals surface area contributed by atoms with Crippen LogP contribution >= 0.6 is 0 Å². The fraction of sp³-hybridized carbons (Fsp3) is 0.909. The Bertz CT molecular complexity index is 231. The standard InChI is InChI=1S/C11H20N2O/c1-11(2)5-3-7-13(11)10(14)9-4-6-12-8-9/h9,12H,3-8H2,1-2H3. The van der Waals surface area contributed by atoms with Gasteiger partial charge in [-0.2, -0.15) is 0 Å². The summed E-state index contributed by atoms with van der Waals surface area (Å²) < 4.78 is 0. The first-order valence-electron chi connectivity index (χ1n) is 5.63. The lowest BCUT2D eigenvalue weighted by Crippen LogP contribution is -2.46. The number of nitrogens with zero attached hydrogens (tertiary/aromatic N) is 1. The highest BCUT2D eigenvalue weighted by Gasteiger charge is 2.38. The highest BCUT2D eigenvalue weighted by Crippen LogP contribution is 2.30. The van der Waals surface area contributed by atoms with Crippen LogP contribution in [0.4, 0.5) is 0 Å². The molecular weight excluding hydrogens is 176 g/mol. The van der Waals surface area contributed by atoms with E-state index in [0.717, 1.165) is 32.5 Å². The fourth-order valence-electron chi connectivity index (χ4n) is 2.60. The van der Waals surface area contributed by atoms with Gasteiger partial charge < -0.3 is 10.2 Å². The zero-order chi connectivity index (χ0) is 10.2. The van der Waals surface area contributed by atoms with E-state index in [1.807, 2.05) is 0 Å². The first kappa shape index (κ1) is 9.97. The van der Waals surface area contributed by atoms with Crippen LogP contribution in [-0.4, -0.2) is 36.0 Å². The zero-order valence-corrected chi connectivity index (χ0v) is 9.18. The molecular formula is C11H20N2O. The fourth-order valence-corrected chi connectivity index (χ4v) is 2.60. The van der Waals surface area contributed by atoms with Crippen molar-refractivity contribution in [2.75, 3.05) is 19.6 Å². The minimum atomic E-state index is 0.0969. The van der Waals surface area contributed by atoms with Crippen LogP contribution in [0.25, 0.3) is 0 Å². The second kappa shape index (κ2) is 3.54. The summed E-state index contributed by atoms with van der Waals surface area (Å²) >= 11 is 0. The lowest BCUT2D eigenvalue weighted by Gasteiger charge is -2.33. The normalized spacial score (nSPS) is 31.0. The molecule has 0 aromatic carbocycles. The molecule has 2 fully saturated rings. The molecule has 0 bridgehead atoms. The van der Waals surface area contributed by atoms with Crippen LogP contribution in [0.3, 0.4) is 0 Å². The van der Waals surface area contributed by atoms with E-state index in [2.05, 4.69) is 24.1 Å². The summed E-state index contributed by atoms with van der Waals surface area (Å²) in [4.78, 5) is 14.2. The molecule has 1 unspecified atom stereocenters. The Labute approximate surface area is 85.8 Å². The van der Waals surface area contributed by atoms with Gasteiger partial charge in [0.25, 0.3) is 0 Å². The monoisotopic (exact) mass is 196 g/mol. The number of amides is 1. The highest BCUT2D eigenvalue weighted by molar-refractivity contribution is 5.80. The van der Waals surface area contributed by atoms with Gasteiger partial charge in [0.05, 0.1) is 5.92 Å². The molecule has 2 heterocycles. The number of hydrogen-bond acceptors (Lipinski definition) is 2. The number of carbonyl (C=O) groups is 1. The number of carbonyl (C=O) groups excluding carboxylic acids is 1. The number of likely N-dealkylation sites (tertiary alicyclic amines) is 1. The second-order valence-corrected chi connectivity index (χ2v) is 5.10. The van der Waals surface area contributed by atoms with Crippen molar-refractivity contribution in [1.82, 2.24) is 10.2 Å². The molecule has 14 heavy (non-hydrogen) atoms. The Morgan fingerprint density at radius 2 is 2.29 bits per heavy atom. The van der Waals surface area contributed by atoms with Gasteiger partial charge >= 0.3 is 0 Å². The lowest BCUT2D eigenvalue weighted by atomic mass is 9.99. The van der Waals surface area contributed by atoms with Crippen LogP contribution in [0.5, 0.6) is 0 Å². The van der Waals surface area contributed by atoms with Crippen molar-refractivity contribution < 1.29 is 4.79 Å². The first-order chi connectivity index (χ1) is 6.61. The third kappa shape index (κ3) is 1.65. The molecule has 2 saturated heterocycles. The molecule has 1 amide bonds. The van der Waals surface area contributed by atoms with Crippen LogP contribution in [0.2, 0.25) is 0 Å². The summed E-state index contributed by atoms with van der Waals surface area (Å²) in [6.45, 7) is 7.21. The molecule has 0 aromatic rings. The minimum Gasteiger partial charge on any atom is -0.337 e. The number of nitrogens with one attached hydrogen (secondary N) is 1. The van der Waals surface area contributed by atoms with Gasteiger partial charge in [0, 0.05) is 18.6 Å². The van der Waals surface area contributed by atoms with Gasteiger partial charge in [-0.15, -0.1) is 0 Å². The predicted octanol–water partition coefficient (Wildman–Crippen LogP) is 0.997. The molecule has 1 atom stereocenters. The van der Waals surface area contributed by atoms with Crippen LogP contribution in [0.1, 0.15) is 33.1 Å². The van der Waals surface area contributed by atoms with Crippen molar-refractivity contribution in [2.24, 2.45) is 5.92 Å². The second-order valence-electron chi connectivity index (χ2n) is 5.10. The van der Waals surface area contributed by atoms with E-state index in [-0.39, 0.29) is 11.5 Å². The molecule has 80 valence electrons. The van der Waals surface area contributed by atoms with Crippen LogP contribution in [-0.2, 0) is 4.79 Å². The van der Waals surface area contributed by atoms with Crippen molar-refractivity contribution >= 4 is 5.91 Å². The van der Waals surface area contributed by atoms with E-state index in [1.54, 1.807) is 0 Å². The maximum atomic E-state index is 12.1. The molecule has 0 aromatic heterocycles. The maximum Gasteiger partial charge on any atom is 0.227 e. The molecule has 1 N–H and O–H groups in total. The van der Waals surface area contributed by atoms with E-state index >= 15 is 0 Å². The van der Waals surface area contributed by atoms with Gasteiger partial charge in [-0.3, -0.25) is 4.79 Å². The molecule has 2 rings (SSSR count). The van der Waals surface area contributed by atoms with E-state index in [1.165, 1.54) is 6.42 Å². The van der Waals surface area contributed by atoms with Gasteiger partial charge in [0.1, 0.15) is 0 Å². The summed E-state index contributed by atoms with van der Waals surface area (Å²) in [7, 11) is 0. The van der Waals surface area contributed by atoms with E-state index in [0.29, 0.717) is 5.91 Å². The van der Waals surface area contributed by atoms with Gasteiger partial charge in [0.2, 0.25) is 5.91 Å². The van der Waals surface area contributed by atoms with E-state index in [9.17, 15) is 4.79 Å². The van der Waals surface area contributed by atoms with Gasteiger partial charge in [-0.05, 0) is 39.7 Å². The Morgan fingerprint density at radius 1 is 1.50 bits per heavy atom. The molecule has 2 aliphatic rings. The van der Waals surface area contributed by atoms with Crippen molar-refractivity contribution in [2.45, 2.75) is 38.6 Å². The average Bonchev–Trinajstić information content (AvgIpc) is 2.71. The molecule has 3 nitrogen and oxygen atoms in total. The minimum absolute atomic E-state index is 0.0969. The summed E-state index contributed by atoms with van der Waals surface area (Å²) in [6.07, 6.45) is 3.34. The first-order valence-corrected chi connectivity index (χ1v) is 5.63. The van der Waals surface area contributed by atoms with Crippen LogP contribution in [0, 0.1) is 5.92 Å². The third-order valence-corrected chi connectivity index (χ3v) is 3.58.